The monoisotopic (exact) mass is 236 g/mol. The SMILES string of the molecule is CCC(N)CC(=O)N1CCc2ccc(F)cc21. The number of hydrogen-bond donors (Lipinski definition) is 1. The number of fused-ring (bicyclic) bond motifs is 1. The van der Waals surface area contributed by atoms with Crippen molar-refractivity contribution in [3.63, 3.8) is 0 Å². The van der Waals surface area contributed by atoms with Gasteiger partial charge in [0.25, 0.3) is 0 Å². The highest BCUT2D eigenvalue weighted by molar-refractivity contribution is 5.95. The minimum absolute atomic E-state index is 0.0105. The van der Waals surface area contributed by atoms with Gasteiger partial charge >= 0.3 is 0 Å². The molecular formula is C13H17FN2O. The van der Waals surface area contributed by atoms with Gasteiger partial charge in [-0.05, 0) is 30.5 Å². The fourth-order valence-corrected chi connectivity index (χ4v) is 2.09. The lowest BCUT2D eigenvalue weighted by Gasteiger charge is -2.19. The van der Waals surface area contributed by atoms with Gasteiger partial charge in [0, 0.05) is 24.7 Å². The van der Waals surface area contributed by atoms with Crippen molar-refractivity contribution >= 4 is 11.6 Å². The van der Waals surface area contributed by atoms with E-state index in [1.807, 2.05) is 6.92 Å². The van der Waals surface area contributed by atoms with Gasteiger partial charge in [0.1, 0.15) is 5.82 Å². The van der Waals surface area contributed by atoms with Crippen LogP contribution in [0.5, 0.6) is 0 Å². The summed E-state index contributed by atoms with van der Waals surface area (Å²) >= 11 is 0. The van der Waals surface area contributed by atoms with Gasteiger partial charge in [0.05, 0.1) is 0 Å². The number of benzene rings is 1. The highest BCUT2D eigenvalue weighted by atomic mass is 19.1. The Morgan fingerprint density at radius 3 is 3.06 bits per heavy atom. The zero-order chi connectivity index (χ0) is 12.4. The molecule has 0 saturated carbocycles. The van der Waals surface area contributed by atoms with E-state index >= 15 is 0 Å². The van der Waals surface area contributed by atoms with Crippen LogP contribution in [0.4, 0.5) is 10.1 Å². The standard InChI is InChI=1S/C13H17FN2O/c1-2-11(15)8-13(17)16-6-5-9-3-4-10(14)7-12(9)16/h3-4,7,11H,2,5-6,8,15H2,1H3. The van der Waals surface area contributed by atoms with Gasteiger partial charge in [-0.3, -0.25) is 4.79 Å². The lowest BCUT2D eigenvalue weighted by molar-refractivity contribution is -0.118. The largest absolute Gasteiger partial charge is 0.327 e. The lowest BCUT2D eigenvalue weighted by atomic mass is 10.1. The Bertz CT molecular complexity index is 433. The normalized spacial score (nSPS) is 15.8. The topological polar surface area (TPSA) is 46.3 Å². The highest BCUT2D eigenvalue weighted by Crippen LogP contribution is 2.29. The van der Waals surface area contributed by atoms with E-state index in [4.69, 9.17) is 5.73 Å². The molecule has 1 amide bonds. The van der Waals surface area contributed by atoms with Crippen LogP contribution in [0.2, 0.25) is 0 Å². The molecule has 3 nitrogen and oxygen atoms in total. The summed E-state index contributed by atoms with van der Waals surface area (Å²) < 4.78 is 13.2. The first-order valence-electron chi connectivity index (χ1n) is 5.96. The maximum atomic E-state index is 13.2. The fourth-order valence-electron chi connectivity index (χ4n) is 2.09. The molecule has 1 heterocycles. The van der Waals surface area contributed by atoms with Gasteiger partial charge in [-0.1, -0.05) is 13.0 Å². The second-order valence-electron chi connectivity index (χ2n) is 4.44. The third-order valence-electron chi connectivity index (χ3n) is 3.21. The molecule has 0 radical (unpaired) electrons. The first-order valence-corrected chi connectivity index (χ1v) is 5.96. The van der Waals surface area contributed by atoms with Crippen molar-refractivity contribution in [3.8, 4) is 0 Å². The molecule has 1 unspecified atom stereocenters. The summed E-state index contributed by atoms with van der Waals surface area (Å²) in [7, 11) is 0. The van der Waals surface area contributed by atoms with E-state index in [9.17, 15) is 9.18 Å². The second kappa shape index (κ2) is 4.84. The predicted molar refractivity (Wildman–Crippen MR) is 65.3 cm³/mol. The smallest absolute Gasteiger partial charge is 0.228 e. The van der Waals surface area contributed by atoms with E-state index in [0.717, 1.165) is 18.4 Å². The van der Waals surface area contributed by atoms with Crippen molar-refractivity contribution in [2.75, 3.05) is 11.4 Å². The van der Waals surface area contributed by atoms with Crippen LogP contribution in [0.3, 0.4) is 0 Å². The molecule has 1 atom stereocenters. The van der Waals surface area contributed by atoms with E-state index < -0.39 is 0 Å². The number of nitrogens with zero attached hydrogens (tertiary/aromatic N) is 1. The second-order valence-corrected chi connectivity index (χ2v) is 4.44. The quantitative estimate of drug-likeness (QED) is 0.870. The number of amides is 1. The molecule has 0 aromatic heterocycles. The van der Waals surface area contributed by atoms with Gasteiger partial charge < -0.3 is 10.6 Å². The molecule has 0 spiro atoms. The molecule has 0 bridgehead atoms. The average molecular weight is 236 g/mol. The molecule has 2 rings (SSSR count). The summed E-state index contributed by atoms with van der Waals surface area (Å²) in [4.78, 5) is 13.7. The number of halogens is 1. The summed E-state index contributed by atoms with van der Waals surface area (Å²) in [5.41, 5.74) is 7.51. The Morgan fingerprint density at radius 1 is 1.59 bits per heavy atom. The maximum absolute atomic E-state index is 13.2. The zero-order valence-corrected chi connectivity index (χ0v) is 9.95. The third kappa shape index (κ3) is 2.47. The van der Waals surface area contributed by atoms with Crippen molar-refractivity contribution in [1.29, 1.82) is 0 Å². The first kappa shape index (κ1) is 12.0. The lowest BCUT2D eigenvalue weighted by Crippen LogP contribution is -2.34. The molecule has 1 aliphatic rings. The van der Waals surface area contributed by atoms with Crippen molar-refractivity contribution in [1.82, 2.24) is 0 Å². The summed E-state index contributed by atoms with van der Waals surface area (Å²) in [5.74, 6) is -0.313. The fraction of sp³-hybridized carbons (Fsp3) is 0.462. The van der Waals surface area contributed by atoms with Crippen LogP contribution in [0.25, 0.3) is 0 Å². The molecule has 17 heavy (non-hydrogen) atoms. The number of hydrogen-bond acceptors (Lipinski definition) is 2. The molecule has 1 aliphatic heterocycles. The van der Waals surface area contributed by atoms with Crippen LogP contribution < -0.4 is 10.6 Å². The first-order chi connectivity index (χ1) is 8.11. The van der Waals surface area contributed by atoms with Gasteiger partial charge in [-0.2, -0.15) is 0 Å². The van der Waals surface area contributed by atoms with Crippen molar-refractivity contribution in [3.05, 3.63) is 29.6 Å². The van der Waals surface area contributed by atoms with Crippen molar-refractivity contribution in [2.45, 2.75) is 32.2 Å². The van der Waals surface area contributed by atoms with Crippen molar-refractivity contribution < 1.29 is 9.18 Å². The number of carbonyl (C=O) groups is 1. The van der Waals surface area contributed by atoms with Crippen LogP contribution in [0.1, 0.15) is 25.3 Å². The van der Waals surface area contributed by atoms with E-state index in [2.05, 4.69) is 0 Å². The summed E-state index contributed by atoms with van der Waals surface area (Å²) in [5, 5.41) is 0. The summed E-state index contributed by atoms with van der Waals surface area (Å²) in [6, 6.07) is 4.50. The zero-order valence-electron chi connectivity index (χ0n) is 9.95. The van der Waals surface area contributed by atoms with Gasteiger partial charge in [-0.25, -0.2) is 4.39 Å². The highest BCUT2D eigenvalue weighted by Gasteiger charge is 2.25. The molecule has 92 valence electrons. The van der Waals surface area contributed by atoms with Gasteiger partial charge in [0.15, 0.2) is 0 Å². The number of nitrogens with two attached hydrogens (primary N) is 1. The molecule has 0 saturated heterocycles. The predicted octanol–water partition coefficient (Wildman–Crippen LogP) is 1.84. The minimum atomic E-state index is -0.303. The minimum Gasteiger partial charge on any atom is -0.327 e. The summed E-state index contributed by atoms with van der Waals surface area (Å²) in [6.45, 7) is 2.59. The van der Waals surface area contributed by atoms with E-state index in [-0.39, 0.29) is 17.8 Å². The molecule has 1 aromatic carbocycles. The number of anilines is 1. The Hall–Kier alpha value is -1.42. The van der Waals surface area contributed by atoms with Crippen LogP contribution in [-0.2, 0) is 11.2 Å². The average Bonchev–Trinajstić information content (AvgIpc) is 2.71. The molecule has 1 aromatic rings. The Morgan fingerprint density at radius 2 is 2.35 bits per heavy atom. The molecular weight excluding hydrogens is 219 g/mol. The van der Waals surface area contributed by atoms with Crippen molar-refractivity contribution in [2.24, 2.45) is 5.73 Å². The number of carbonyl (C=O) groups excluding carboxylic acids is 1. The molecule has 0 fully saturated rings. The van der Waals surface area contributed by atoms with Gasteiger partial charge in [0.2, 0.25) is 5.91 Å². The van der Waals surface area contributed by atoms with E-state index in [1.165, 1.54) is 12.1 Å². The summed E-state index contributed by atoms with van der Waals surface area (Å²) in [6.07, 6.45) is 1.89. The van der Waals surface area contributed by atoms with E-state index in [0.29, 0.717) is 18.7 Å². The Labute approximate surface area is 100 Å². The maximum Gasteiger partial charge on any atom is 0.228 e. The third-order valence-corrected chi connectivity index (χ3v) is 3.21. The molecule has 4 heteroatoms. The Kier molecular flexibility index (Phi) is 3.43. The van der Waals surface area contributed by atoms with E-state index in [1.54, 1.807) is 11.0 Å². The van der Waals surface area contributed by atoms with Crippen LogP contribution in [-0.4, -0.2) is 18.5 Å². The van der Waals surface area contributed by atoms with Crippen LogP contribution in [0.15, 0.2) is 18.2 Å². The van der Waals surface area contributed by atoms with Crippen LogP contribution in [0, 0.1) is 5.82 Å². The number of rotatable bonds is 3. The van der Waals surface area contributed by atoms with Crippen LogP contribution >= 0.6 is 0 Å². The van der Waals surface area contributed by atoms with Gasteiger partial charge in [-0.15, -0.1) is 0 Å². The molecule has 2 N–H and O–H groups in total. The molecule has 0 aliphatic carbocycles. The Balaban J connectivity index is 2.16.